The van der Waals surface area contributed by atoms with E-state index in [-0.39, 0.29) is 0 Å². The van der Waals surface area contributed by atoms with Crippen molar-refractivity contribution in [1.82, 2.24) is 20.1 Å². The van der Waals surface area contributed by atoms with Crippen LogP contribution in [0, 0.1) is 0 Å². The number of aromatic nitrogens is 3. The van der Waals surface area contributed by atoms with Crippen molar-refractivity contribution in [3.05, 3.63) is 23.2 Å². The maximum Gasteiger partial charge on any atom is 0.762 e. The molecule has 0 atom stereocenters. The Balaban J connectivity index is 0.000000541. The molecule has 0 saturated heterocycles. The fourth-order valence-corrected chi connectivity index (χ4v) is 1.75. The highest BCUT2D eigenvalue weighted by molar-refractivity contribution is 6.33. The molecule has 6 nitrogen and oxygen atoms in total. The van der Waals surface area contributed by atoms with Gasteiger partial charge >= 0.3 is 13.6 Å². The minimum absolute atomic E-state index is 0.617. The average molecular weight is 337 g/mol. The summed E-state index contributed by atoms with van der Waals surface area (Å²) >= 11 is 5.96. The van der Waals surface area contributed by atoms with Gasteiger partial charge in [-0.3, -0.25) is 17.8 Å². The van der Waals surface area contributed by atoms with Crippen LogP contribution < -0.4 is 4.84 Å². The summed E-state index contributed by atoms with van der Waals surface area (Å²) in [5.74, 6) is 0. The van der Waals surface area contributed by atoms with Crippen LogP contribution in [0.3, 0.4) is 0 Å². The molecule has 0 spiro atoms. The Bertz CT molecular complexity index is 657. The molecule has 11 heteroatoms. The molecule has 0 N–H and O–H groups in total. The Morgan fingerprint density at radius 3 is 2.41 bits per heavy atom. The molecule has 120 valence electrons. The van der Waals surface area contributed by atoms with E-state index in [1.54, 1.807) is 18.2 Å². The van der Waals surface area contributed by atoms with Gasteiger partial charge in [-0.1, -0.05) is 16.4 Å². The van der Waals surface area contributed by atoms with Gasteiger partial charge in [0.25, 0.3) is 0 Å². The van der Waals surface area contributed by atoms with Gasteiger partial charge in [0.1, 0.15) is 11.0 Å². The molecule has 0 aliphatic heterocycles. The van der Waals surface area contributed by atoms with E-state index in [9.17, 15) is 12.9 Å². The van der Waals surface area contributed by atoms with Gasteiger partial charge in [-0.2, -0.15) is 0 Å². The van der Waals surface area contributed by atoms with Crippen LogP contribution in [0.4, 0.5) is 12.9 Å². The Kier molecular flexibility index (Phi) is 6.48. The van der Waals surface area contributed by atoms with Crippen LogP contribution in [0.2, 0.25) is 5.02 Å². The smallest absolute Gasteiger partial charge is 0.278 e. The third-order valence-electron chi connectivity index (χ3n) is 2.31. The number of rotatable bonds is 1. The van der Waals surface area contributed by atoms with E-state index in [0.717, 1.165) is 11.0 Å². The SMILES string of the molecule is CN(C)C(On1nnc2ccc(Cl)cc21)=[N+](C)C.FB(F)F. The van der Waals surface area contributed by atoms with Crippen LogP contribution in [0.15, 0.2) is 18.2 Å². The largest absolute Gasteiger partial charge is 0.762 e. The summed E-state index contributed by atoms with van der Waals surface area (Å²) in [5.41, 5.74) is 1.46. The summed E-state index contributed by atoms with van der Waals surface area (Å²) < 4.78 is 30.8. The van der Waals surface area contributed by atoms with Gasteiger partial charge in [-0.05, 0) is 23.4 Å². The maximum absolute atomic E-state index is 9.67. The zero-order valence-electron chi connectivity index (χ0n) is 12.5. The van der Waals surface area contributed by atoms with E-state index in [1.807, 2.05) is 37.7 Å². The number of fused-ring (bicyclic) bond motifs is 1. The molecular formula is C11H15BClF3N5O+. The van der Waals surface area contributed by atoms with Crippen LogP contribution in [0.1, 0.15) is 0 Å². The highest BCUT2D eigenvalue weighted by Crippen LogP contribution is 2.16. The summed E-state index contributed by atoms with van der Waals surface area (Å²) in [6, 6.07) is 5.97. The average Bonchev–Trinajstić information content (AvgIpc) is 2.76. The number of nitrogens with zero attached hydrogens (tertiary/aromatic N) is 5. The molecule has 0 bridgehead atoms. The summed E-state index contributed by atoms with van der Waals surface area (Å²) in [6.07, 6.45) is 0. The first kappa shape index (κ1) is 18.1. The van der Waals surface area contributed by atoms with Crippen LogP contribution in [-0.2, 0) is 0 Å². The molecule has 0 aliphatic carbocycles. The van der Waals surface area contributed by atoms with E-state index in [1.165, 1.54) is 4.85 Å². The Morgan fingerprint density at radius 2 is 1.91 bits per heavy atom. The topological polar surface area (TPSA) is 46.2 Å². The van der Waals surface area contributed by atoms with Gasteiger partial charge in [0.2, 0.25) is 0 Å². The van der Waals surface area contributed by atoms with E-state index in [0.29, 0.717) is 11.0 Å². The lowest BCUT2D eigenvalue weighted by molar-refractivity contribution is -0.480. The summed E-state index contributed by atoms with van der Waals surface area (Å²) in [5, 5.41) is 8.58. The highest BCUT2D eigenvalue weighted by Gasteiger charge is 2.17. The quantitative estimate of drug-likeness (QED) is 0.343. The lowest BCUT2D eigenvalue weighted by atomic mass is 10.3. The van der Waals surface area contributed by atoms with Crippen LogP contribution >= 0.6 is 11.6 Å². The molecule has 0 amide bonds. The van der Waals surface area contributed by atoms with Crippen molar-refractivity contribution in [2.45, 2.75) is 0 Å². The molecule has 1 heterocycles. The first-order valence-electron chi connectivity index (χ1n) is 6.05. The zero-order valence-corrected chi connectivity index (χ0v) is 13.2. The predicted octanol–water partition coefficient (Wildman–Crippen LogP) is 1.58. The molecule has 0 saturated carbocycles. The van der Waals surface area contributed by atoms with Gasteiger partial charge in [0.05, 0.1) is 28.2 Å². The molecular weight excluding hydrogens is 321 g/mol. The number of hydrogen-bond acceptors (Lipinski definition) is 3. The lowest BCUT2D eigenvalue weighted by Gasteiger charge is -2.10. The molecule has 0 aliphatic rings. The third-order valence-corrected chi connectivity index (χ3v) is 2.55. The van der Waals surface area contributed by atoms with Crippen LogP contribution in [0.25, 0.3) is 11.0 Å². The fourth-order valence-electron chi connectivity index (χ4n) is 1.58. The van der Waals surface area contributed by atoms with Crippen molar-refractivity contribution in [2.75, 3.05) is 28.2 Å². The number of benzene rings is 1. The van der Waals surface area contributed by atoms with E-state index >= 15 is 0 Å². The fraction of sp³-hybridized carbons (Fsp3) is 0.364. The lowest BCUT2D eigenvalue weighted by Crippen LogP contribution is -2.39. The molecule has 1 aromatic carbocycles. The molecule has 1 aromatic heterocycles. The Morgan fingerprint density at radius 1 is 1.32 bits per heavy atom. The van der Waals surface area contributed by atoms with Gasteiger partial charge in [0, 0.05) is 5.02 Å². The molecule has 2 aromatic rings. The van der Waals surface area contributed by atoms with Gasteiger partial charge in [-0.25, -0.2) is 9.48 Å². The highest BCUT2D eigenvalue weighted by atomic mass is 35.5. The molecule has 22 heavy (non-hydrogen) atoms. The number of halogens is 4. The van der Waals surface area contributed by atoms with Crippen molar-refractivity contribution >= 4 is 36.2 Å². The van der Waals surface area contributed by atoms with Gasteiger partial charge < -0.3 is 0 Å². The van der Waals surface area contributed by atoms with Crippen molar-refractivity contribution < 1.29 is 22.4 Å². The Hall–Kier alpha value is -1.97. The minimum Gasteiger partial charge on any atom is -0.278 e. The van der Waals surface area contributed by atoms with E-state index in [4.69, 9.17) is 16.4 Å². The maximum atomic E-state index is 9.67. The first-order chi connectivity index (χ1) is 10.2. The third kappa shape index (κ3) is 5.10. The first-order valence-corrected chi connectivity index (χ1v) is 6.43. The van der Waals surface area contributed by atoms with E-state index < -0.39 is 7.54 Å². The summed E-state index contributed by atoms with van der Waals surface area (Å²) in [4.78, 5) is 8.90. The monoisotopic (exact) mass is 336 g/mol. The molecule has 2 rings (SSSR count). The predicted molar refractivity (Wildman–Crippen MR) is 79.0 cm³/mol. The van der Waals surface area contributed by atoms with Crippen molar-refractivity contribution in [2.24, 2.45) is 0 Å². The van der Waals surface area contributed by atoms with Crippen molar-refractivity contribution in [3.63, 3.8) is 0 Å². The minimum atomic E-state index is -3.67. The van der Waals surface area contributed by atoms with Crippen molar-refractivity contribution in [3.8, 4) is 0 Å². The number of hydrogen-bond donors (Lipinski definition) is 0. The Labute approximate surface area is 130 Å². The molecule has 0 fully saturated rings. The zero-order chi connectivity index (χ0) is 16.9. The summed E-state index contributed by atoms with van der Waals surface area (Å²) in [7, 11) is 3.89. The van der Waals surface area contributed by atoms with E-state index in [2.05, 4.69) is 10.3 Å². The summed E-state index contributed by atoms with van der Waals surface area (Å²) in [6.45, 7) is 0. The van der Waals surface area contributed by atoms with Crippen LogP contribution in [0.5, 0.6) is 0 Å². The van der Waals surface area contributed by atoms with Crippen molar-refractivity contribution in [1.29, 1.82) is 0 Å². The molecule has 0 unspecified atom stereocenters. The standard InChI is InChI=1S/C11H15ClN5O.BF3/c1-15(2)11(16(3)4)18-17-10-7-8(12)5-6-9(10)13-14-17;2-1(3)4/h5-7H,1-4H3;/q+1;. The van der Waals surface area contributed by atoms with Gasteiger partial charge in [-0.15, -0.1) is 5.10 Å². The van der Waals surface area contributed by atoms with Crippen LogP contribution in [-0.4, -0.2) is 66.4 Å². The number of amidine groups is 1. The second kappa shape index (κ2) is 7.88. The second-order valence-corrected chi connectivity index (χ2v) is 4.94. The van der Waals surface area contributed by atoms with Gasteiger partial charge in [0.15, 0.2) is 0 Å². The second-order valence-electron chi connectivity index (χ2n) is 4.51. The molecule has 0 radical (unpaired) electrons. The normalized spacial score (nSPS) is 9.82.